The van der Waals surface area contributed by atoms with Crippen LogP contribution in [-0.4, -0.2) is 31.2 Å². The number of hydrogen-bond donors (Lipinski definition) is 1. The average molecular weight is 491 g/mol. The summed E-state index contributed by atoms with van der Waals surface area (Å²) in [6.07, 6.45) is 18.1. The summed E-state index contributed by atoms with van der Waals surface area (Å²) in [5.74, 6) is 0.921. The molecule has 0 bridgehead atoms. The van der Waals surface area contributed by atoms with Crippen LogP contribution in [0.3, 0.4) is 0 Å². The standard InChI is InChI=1S/C29H39BN2O2S/c1-9-14-16-20(6)28-31-25(27-26(32-28)23(15-10-2)24(13-5)35-27)21(11-3)19-22(12-4)30-33-18-17-29(7,8)34-30/h9-16,22,26H,4-5,17-19H2,1-3,6-8H3,(H,31,32)/b14-9-,15-10-,20-16+,21-11+. The first-order chi connectivity index (χ1) is 16.8. The van der Waals surface area contributed by atoms with Crippen molar-refractivity contribution in [1.29, 1.82) is 0 Å². The summed E-state index contributed by atoms with van der Waals surface area (Å²) < 4.78 is 12.3. The van der Waals surface area contributed by atoms with Gasteiger partial charge in [0.15, 0.2) is 0 Å². The zero-order valence-electron chi connectivity index (χ0n) is 22.1. The highest BCUT2D eigenvalue weighted by atomic mass is 32.2. The first-order valence-corrected chi connectivity index (χ1v) is 13.2. The maximum atomic E-state index is 6.30. The lowest BCUT2D eigenvalue weighted by Crippen LogP contribution is -2.44. The van der Waals surface area contributed by atoms with E-state index in [2.05, 4.69) is 70.5 Å². The summed E-state index contributed by atoms with van der Waals surface area (Å²) in [4.78, 5) is 7.50. The molecule has 0 saturated carbocycles. The molecular weight excluding hydrogens is 451 g/mol. The summed E-state index contributed by atoms with van der Waals surface area (Å²) in [7, 11) is -0.308. The number of fused-ring (bicyclic) bond motifs is 1. The molecule has 1 N–H and O–H groups in total. The monoisotopic (exact) mass is 490 g/mol. The van der Waals surface area contributed by atoms with Crippen molar-refractivity contribution in [2.45, 2.75) is 71.8 Å². The number of rotatable bonds is 9. The SMILES string of the molecule is C=CC1=C(/C=C\C)C2N=C(/C(C)=C/C=C\C)NC(/C(=C/C)CC(C=C)B3OCCC(C)(C)O3)=C2S1. The maximum absolute atomic E-state index is 6.30. The third-order valence-electron chi connectivity index (χ3n) is 6.44. The summed E-state index contributed by atoms with van der Waals surface area (Å²) >= 11 is 1.75. The molecule has 3 aliphatic rings. The van der Waals surface area contributed by atoms with E-state index in [1.807, 2.05) is 38.2 Å². The molecule has 0 aromatic heterocycles. The van der Waals surface area contributed by atoms with E-state index in [0.717, 1.165) is 34.9 Å². The van der Waals surface area contributed by atoms with Gasteiger partial charge in [-0.15, -0.1) is 6.58 Å². The number of amidine groups is 1. The summed E-state index contributed by atoms with van der Waals surface area (Å²) in [5, 5.41) is 3.68. The molecule has 0 aliphatic carbocycles. The lowest BCUT2D eigenvalue weighted by Gasteiger charge is -2.37. The number of hydrogen-bond acceptors (Lipinski definition) is 5. The third-order valence-corrected chi connectivity index (χ3v) is 7.71. The van der Waals surface area contributed by atoms with Gasteiger partial charge in [-0.05, 0) is 71.1 Å². The Kier molecular flexibility index (Phi) is 9.45. The van der Waals surface area contributed by atoms with Crippen molar-refractivity contribution >= 4 is 24.7 Å². The van der Waals surface area contributed by atoms with Crippen LogP contribution >= 0.6 is 11.8 Å². The predicted octanol–water partition coefficient (Wildman–Crippen LogP) is 7.45. The van der Waals surface area contributed by atoms with Gasteiger partial charge < -0.3 is 14.6 Å². The van der Waals surface area contributed by atoms with Crippen LogP contribution < -0.4 is 5.32 Å². The number of allylic oxidation sites excluding steroid dienone is 8. The van der Waals surface area contributed by atoms with E-state index < -0.39 is 0 Å². The molecule has 4 nitrogen and oxygen atoms in total. The maximum Gasteiger partial charge on any atom is 0.464 e. The summed E-state index contributed by atoms with van der Waals surface area (Å²) in [5.41, 5.74) is 4.40. The van der Waals surface area contributed by atoms with Crippen LogP contribution in [0, 0.1) is 0 Å². The van der Waals surface area contributed by atoms with E-state index in [0.29, 0.717) is 6.61 Å². The molecule has 1 fully saturated rings. The molecule has 0 amide bonds. The smallest absolute Gasteiger partial charge is 0.411 e. The highest BCUT2D eigenvalue weighted by Gasteiger charge is 2.40. The Morgan fingerprint density at radius 3 is 2.66 bits per heavy atom. The second kappa shape index (κ2) is 12.1. The molecule has 1 saturated heterocycles. The first-order valence-electron chi connectivity index (χ1n) is 12.4. The van der Waals surface area contributed by atoms with Gasteiger partial charge in [-0.25, -0.2) is 0 Å². The van der Waals surface area contributed by atoms with Gasteiger partial charge in [0.1, 0.15) is 11.9 Å². The fraction of sp³-hybridized carbons (Fsp3) is 0.414. The predicted molar refractivity (Wildman–Crippen MR) is 153 cm³/mol. The lowest BCUT2D eigenvalue weighted by molar-refractivity contribution is 0.00223. The van der Waals surface area contributed by atoms with E-state index in [1.165, 1.54) is 16.1 Å². The highest BCUT2D eigenvalue weighted by molar-refractivity contribution is 8.07. The van der Waals surface area contributed by atoms with Gasteiger partial charge in [0.2, 0.25) is 0 Å². The van der Waals surface area contributed by atoms with Crippen LogP contribution in [0.2, 0.25) is 5.82 Å². The van der Waals surface area contributed by atoms with E-state index in [9.17, 15) is 0 Å². The fourth-order valence-electron chi connectivity index (χ4n) is 4.39. The van der Waals surface area contributed by atoms with Gasteiger partial charge in [-0.3, -0.25) is 4.99 Å². The Morgan fingerprint density at radius 1 is 1.29 bits per heavy atom. The molecule has 0 radical (unpaired) electrons. The minimum Gasteiger partial charge on any atom is -0.411 e. The molecular formula is C29H39BN2O2S. The van der Waals surface area contributed by atoms with Gasteiger partial charge >= 0.3 is 7.12 Å². The molecule has 3 heterocycles. The molecule has 186 valence electrons. The van der Waals surface area contributed by atoms with Crippen LogP contribution in [0.25, 0.3) is 0 Å². The second-order valence-corrected chi connectivity index (χ2v) is 10.6. The van der Waals surface area contributed by atoms with Crippen LogP contribution in [0.4, 0.5) is 0 Å². The van der Waals surface area contributed by atoms with E-state index in [4.69, 9.17) is 14.3 Å². The van der Waals surface area contributed by atoms with Crippen LogP contribution in [-0.2, 0) is 9.31 Å². The van der Waals surface area contributed by atoms with E-state index in [-0.39, 0.29) is 24.6 Å². The molecule has 2 unspecified atom stereocenters. The Morgan fingerprint density at radius 2 is 2.06 bits per heavy atom. The highest BCUT2D eigenvalue weighted by Crippen LogP contribution is 2.48. The van der Waals surface area contributed by atoms with Gasteiger partial charge in [-0.2, -0.15) is 0 Å². The molecule has 0 aromatic rings. The van der Waals surface area contributed by atoms with Gasteiger partial charge in [0, 0.05) is 22.2 Å². The summed E-state index contributed by atoms with van der Waals surface area (Å²) in [6, 6.07) is -0.0531. The number of nitrogens with zero attached hydrogens (tertiary/aromatic N) is 1. The second-order valence-electron chi connectivity index (χ2n) is 9.53. The zero-order valence-corrected chi connectivity index (χ0v) is 22.9. The molecule has 0 spiro atoms. The quantitative estimate of drug-likeness (QED) is 0.207. The minimum absolute atomic E-state index is 0.0318. The van der Waals surface area contributed by atoms with Crippen molar-refractivity contribution in [3.63, 3.8) is 0 Å². The Bertz CT molecular complexity index is 1060. The molecule has 35 heavy (non-hydrogen) atoms. The van der Waals surface area contributed by atoms with Crippen molar-refractivity contribution in [1.82, 2.24) is 5.32 Å². The largest absolute Gasteiger partial charge is 0.464 e. The van der Waals surface area contributed by atoms with Crippen LogP contribution in [0.5, 0.6) is 0 Å². The normalized spacial score (nSPS) is 24.1. The Hall–Kier alpha value is -2.28. The summed E-state index contributed by atoms with van der Waals surface area (Å²) in [6.45, 7) is 21.4. The molecule has 2 atom stereocenters. The molecule has 3 rings (SSSR count). The molecule has 6 heteroatoms. The Balaban J connectivity index is 2.00. The average Bonchev–Trinajstić information content (AvgIpc) is 3.20. The zero-order chi connectivity index (χ0) is 25.6. The van der Waals surface area contributed by atoms with Gasteiger partial charge in [0.25, 0.3) is 0 Å². The van der Waals surface area contributed by atoms with Crippen molar-refractivity contribution in [3.05, 3.63) is 94.0 Å². The number of nitrogens with one attached hydrogen (secondary N) is 1. The van der Waals surface area contributed by atoms with Crippen molar-refractivity contribution < 1.29 is 9.31 Å². The van der Waals surface area contributed by atoms with Gasteiger partial charge in [-0.1, -0.05) is 66.9 Å². The van der Waals surface area contributed by atoms with Crippen LogP contribution in [0.15, 0.2) is 99.0 Å². The molecule has 0 aromatic carbocycles. The van der Waals surface area contributed by atoms with E-state index >= 15 is 0 Å². The van der Waals surface area contributed by atoms with Gasteiger partial charge in [0.05, 0.1) is 11.3 Å². The fourth-order valence-corrected chi connectivity index (χ4v) is 5.58. The van der Waals surface area contributed by atoms with E-state index in [1.54, 1.807) is 11.8 Å². The number of aliphatic imine (C=N–C) groups is 1. The third kappa shape index (κ3) is 6.30. The topological polar surface area (TPSA) is 42.9 Å². The minimum atomic E-state index is -0.308. The van der Waals surface area contributed by atoms with Crippen LogP contribution in [0.1, 0.15) is 54.4 Å². The van der Waals surface area contributed by atoms with Crippen molar-refractivity contribution in [2.75, 3.05) is 6.61 Å². The molecule has 3 aliphatic heterocycles. The lowest BCUT2D eigenvalue weighted by atomic mass is 9.66. The Labute approximate surface area is 216 Å². The van der Waals surface area contributed by atoms with Crippen molar-refractivity contribution in [2.24, 2.45) is 4.99 Å². The number of thioether (sulfide) groups is 1. The van der Waals surface area contributed by atoms with Crippen molar-refractivity contribution in [3.8, 4) is 0 Å². The first kappa shape index (κ1) is 27.3.